The molecule has 1 aliphatic heterocycles. The van der Waals surface area contributed by atoms with E-state index in [4.69, 9.17) is 9.84 Å². The van der Waals surface area contributed by atoms with E-state index in [9.17, 15) is 14.0 Å². The summed E-state index contributed by atoms with van der Waals surface area (Å²) in [5, 5.41) is 9.11. The largest absolute Gasteiger partial charge is 0.495 e. The Bertz CT molecular complexity index is 879. The topological polar surface area (TPSA) is 66.8 Å². The number of methoxy groups -OCH3 is 1. The van der Waals surface area contributed by atoms with Crippen LogP contribution >= 0.6 is 11.8 Å². The van der Waals surface area contributed by atoms with Crippen molar-refractivity contribution < 1.29 is 23.8 Å². The van der Waals surface area contributed by atoms with Gasteiger partial charge in [-0.25, -0.2) is 9.29 Å². The van der Waals surface area contributed by atoms with Crippen LogP contribution in [0.25, 0.3) is 5.57 Å². The quantitative estimate of drug-likeness (QED) is 0.789. The van der Waals surface area contributed by atoms with Crippen molar-refractivity contribution in [1.82, 2.24) is 0 Å². The second-order valence-electron chi connectivity index (χ2n) is 5.40. The Balaban J connectivity index is 2.10. The maximum absolute atomic E-state index is 13.3. The zero-order valence-corrected chi connectivity index (χ0v) is 14.8. The zero-order valence-electron chi connectivity index (χ0n) is 13.9. The first-order valence-electron chi connectivity index (χ1n) is 7.84. The van der Waals surface area contributed by atoms with E-state index in [1.807, 2.05) is 0 Å². The SMILES string of the molecule is COc1ccccc1N1C(=O)C(SCCO)=C(c2ccc(F)cc2)C1=O. The molecule has 2 aromatic carbocycles. The number of para-hydroxylation sites is 2. The Kier molecular flexibility index (Phi) is 5.39. The smallest absolute Gasteiger partial charge is 0.272 e. The molecule has 0 saturated heterocycles. The van der Waals surface area contributed by atoms with Crippen LogP contribution in [0.5, 0.6) is 5.75 Å². The van der Waals surface area contributed by atoms with Crippen LogP contribution in [0.1, 0.15) is 5.56 Å². The van der Waals surface area contributed by atoms with E-state index in [0.29, 0.717) is 17.0 Å². The summed E-state index contributed by atoms with van der Waals surface area (Å²) >= 11 is 1.10. The number of hydrogen-bond donors (Lipinski definition) is 1. The highest BCUT2D eigenvalue weighted by molar-refractivity contribution is 8.04. The van der Waals surface area contributed by atoms with E-state index in [1.54, 1.807) is 24.3 Å². The van der Waals surface area contributed by atoms with Gasteiger partial charge in [0, 0.05) is 5.75 Å². The number of amides is 2. The predicted molar refractivity (Wildman–Crippen MR) is 98.4 cm³/mol. The van der Waals surface area contributed by atoms with Crippen molar-refractivity contribution in [3.63, 3.8) is 0 Å². The average Bonchev–Trinajstić information content (AvgIpc) is 2.90. The molecule has 0 bridgehead atoms. The molecule has 0 radical (unpaired) electrons. The Labute approximate surface area is 154 Å². The number of imide groups is 1. The number of aliphatic hydroxyl groups is 1. The fraction of sp³-hybridized carbons (Fsp3) is 0.158. The third-order valence-electron chi connectivity index (χ3n) is 3.84. The summed E-state index contributed by atoms with van der Waals surface area (Å²) in [5.74, 6) is -0.777. The van der Waals surface area contributed by atoms with E-state index in [0.717, 1.165) is 16.7 Å². The minimum atomic E-state index is -0.508. The lowest BCUT2D eigenvalue weighted by Crippen LogP contribution is -2.31. The van der Waals surface area contributed by atoms with Crippen molar-refractivity contribution in [3.8, 4) is 5.75 Å². The molecule has 7 heteroatoms. The first-order chi connectivity index (χ1) is 12.6. The highest BCUT2D eigenvalue weighted by Gasteiger charge is 2.41. The summed E-state index contributed by atoms with van der Waals surface area (Å²) in [6.45, 7) is -0.138. The standard InChI is InChI=1S/C19H16FNO4S/c1-25-15-5-3-2-4-14(15)21-18(23)16(12-6-8-13(20)9-7-12)17(19(21)24)26-11-10-22/h2-9,22H,10-11H2,1H3. The molecule has 0 unspecified atom stereocenters. The maximum Gasteiger partial charge on any atom is 0.272 e. The third-order valence-corrected chi connectivity index (χ3v) is 4.89. The monoisotopic (exact) mass is 373 g/mol. The van der Waals surface area contributed by atoms with E-state index < -0.39 is 17.6 Å². The Morgan fingerprint density at radius 1 is 1.08 bits per heavy atom. The van der Waals surface area contributed by atoms with Gasteiger partial charge in [-0.05, 0) is 29.8 Å². The van der Waals surface area contributed by atoms with E-state index >= 15 is 0 Å². The van der Waals surface area contributed by atoms with Crippen LogP contribution < -0.4 is 9.64 Å². The molecule has 1 aliphatic rings. The summed E-state index contributed by atoms with van der Waals surface area (Å²) in [6, 6.07) is 12.1. The van der Waals surface area contributed by atoms with Gasteiger partial charge in [-0.1, -0.05) is 24.3 Å². The fourth-order valence-corrected chi connectivity index (χ4v) is 3.56. The molecular formula is C19H16FNO4S. The first kappa shape index (κ1) is 18.2. The van der Waals surface area contributed by atoms with Crippen molar-refractivity contribution in [2.45, 2.75) is 0 Å². The van der Waals surface area contributed by atoms with Gasteiger partial charge in [0.15, 0.2) is 0 Å². The van der Waals surface area contributed by atoms with Gasteiger partial charge >= 0.3 is 0 Å². The molecule has 1 heterocycles. The van der Waals surface area contributed by atoms with Crippen LogP contribution in [-0.2, 0) is 9.59 Å². The molecule has 5 nitrogen and oxygen atoms in total. The van der Waals surface area contributed by atoms with Crippen molar-refractivity contribution >= 4 is 34.8 Å². The second kappa shape index (κ2) is 7.72. The minimum absolute atomic E-state index is 0.138. The molecule has 2 amide bonds. The Hall–Kier alpha value is -2.64. The number of thioether (sulfide) groups is 1. The van der Waals surface area contributed by atoms with E-state index in [-0.39, 0.29) is 22.8 Å². The number of carbonyl (C=O) groups is 2. The lowest BCUT2D eigenvalue weighted by Gasteiger charge is -2.18. The van der Waals surface area contributed by atoms with Gasteiger partial charge in [0.2, 0.25) is 0 Å². The summed E-state index contributed by atoms with van der Waals surface area (Å²) in [5.41, 5.74) is 0.978. The van der Waals surface area contributed by atoms with Crippen molar-refractivity contribution in [2.75, 3.05) is 24.4 Å². The summed E-state index contributed by atoms with van der Waals surface area (Å²) < 4.78 is 18.5. The number of carbonyl (C=O) groups excluding carboxylic acids is 2. The molecule has 1 N–H and O–H groups in total. The van der Waals surface area contributed by atoms with Crippen LogP contribution in [0.2, 0.25) is 0 Å². The minimum Gasteiger partial charge on any atom is -0.495 e. The molecule has 0 aliphatic carbocycles. The Morgan fingerprint density at radius 3 is 2.42 bits per heavy atom. The molecule has 2 aromatic rings. The van der Waals surface area contributed by atoms with Gasteiger partial charge in [0.1, 0.15) is 11.6 Å². The number of halogens is 1. The number of anilines is 1. The molecule has 3 rings (SSSR count). The van der Waals surface area contributed by atoms with E-state index in [1.165, 1.54) is 31.4 Å². The summed E-state index contributed by atoms with van der Waals surface area (Å²) in [7, 11) is 1.46. The van der Waals surface area contributed by atoms with Crippen molar-refractivity contribution in [3.05, 3.63) is 64.8 Å². The number of nitrogens with zero attached hydrogens (tertiary/aromatic N) is 1. The van der Waals surface area contributed by atoms with E-state index in [2.05, 4.69) is 0 Å². The molecule has 0 aromatic heterocycles. The normalized spacial score (nSPS) is 14.3. The zero-order chi connectivity index (χ0) is 18.7. The van der Waals surface area contributed by atoms with Gasteiger partial charge in [0.25, 0.3) is 11.8 Å². The number of rotatable bonds is 6. The predicted octanol–water partition coefficient (Wildman–Crippen LogP) is 2.84. The molecule has 0 fully saturated rings. The number of ether oxygens (including phenoxy) is 1. The summed E-state index contributed by atoms with van der Waals surface area (Å²) in [4.78, 5) is 27.3. The molecule has 134 valence electrons. The molecule has 0 atom stereocenters. The van der Waals surface area contributed by atoms with Gasteiger partial charge < -0.3 is 9.84 Å². The first-order valence-corrected chi connectivity index (χ1v) is 8.82. The average molecular weight is 373 g/mol. The van der Waals surface area contributed by atoms with Crippen molar-refractivity contribution in [1.29, 1.82) is 0 Å². The van der Waals surface area contributed by atoms with Crippen LogP contribution in [0.4, 0.5) is 10.1 Å². The molecule has 26 heavy (non-hydrogen) atoms. The van der Waals surface area contributed by atoms with Gasteiger partial charge in [0.05, 0.1) is 29.9 Å². The van der Waals surface area contributed by atoms with Crippen LogP contribution in [-0.4, -0.2) is 36.4 Å². The van der Waals surface area contributed by atoms with Crippen molar-refractivity contribution in [2.24, 2.45) is 0 Å². The summed E-state index contributed by atoms with van der Waals surface area (Å²) in [6.07, 6.45) is 0. The second-order valence-corrected chi connectivity index (χ2v) is 6.51. The van der Waals surface area contributed by atoms with Gasteiger partial charge in [-0.15, -0.1) is 11.8 Å². The third kappa shape index (κ3) is 3.23. The van der Waals surface area contributed by atoms with Crippen LogP contribution in [0.15, 0.2) is 53.4 Å². The number of hydrogen-bond acceptors (Lipinski definition) is 5. The van der Waals surface area contributed by atoms with Crippen LogP contribution in [0, 0.1) is 5.82 Å². The van der Waals surface area contributed by atoms with Gasteiger partial charge in [-0.3, -0.25) is 9.59 Å². The number of benzene rings is 2. The highest BCUT2D eigenvalue weighted by atomic mass is 32.2. The molecular weight excluding hydrogens is 357 g/mol. The van der Waals surface area contributed by atoms with Crippen LogP contribution in [0.3, 0.4) is 0 Å². The lowest BCUT2D eigenvalue weighted by molar-refractivity contribution is -0.119. The molecule has 0 spiro atoms. The molecule has 0 saturated carbocycles. The Morgan fingerprint density at radius 2 is 1.77 bits per heavy atom. The number of aliphatic hydroxyl groups excluding tert-OH is 1. The fourth-order valence-electron chi connectivity index (χ4n) is 2.70. The van der Waals surface area contributed by atoms with Gasteiger partial charge in [-0.2, -0.15) is 0 Å². The lowest BCUT2D eigenvalue weighted by atomic mass is 10.1. The highest BCUT2D eigenvalue weighted by Crippen LogP contribution is 2.40. The maximum atomic E-state index is 13.3.